The zero-order chi connectivity index (χ0) is 15.1. The molecule has 0 fully saturated rings. The molecule has 1 aromatic rings. The number of carbonyl (C=O) groups is 1. The van der Waals surface area contributed by atoms with Crippen LogP contribution in [0.5, 0.6) is 0 Å². The van der Waals surface area contributed by atoms with Gasteiger partial charge in [-0.25, -0.2) is 0 Å². The summed E-state index contributed by atoms with van der Waals surface area (Å²) >= 11 is 0. The zero-order valence-corrected chi connectivity index (χ0v) is 12.3. The zero-order valence-electron chi connectivity index (χ0n) is 12.3. The number of nitrogen functional groups attached to an aromatic ring is 1. The smallest absolute Gasteiger partial charge is 0.255 e. The molecule has 1 amide bonds. The van der Waals surface area contributed by atoms with Gasteiger partial charge in [-0.1, -0.05) is 0 Å². The van der Waals surface area contributed by atoms with Crippen LogP contribution in [0.25, 0.3) is 0 Å². The molecule has 3 N–H and O–H groups in total. The summed E-state index contributed by atoms with van der Waals surface area (Å²) in [5.41, 5.74) is 7.68. The fraction of sp³-hybridized carbons (Fsp3) is 0.500. The van der Waals surface area contributed by atoms with Crippen LogP contribution < -0.4 is 10.6 Å². The van der Waals surface area contributed by atoms with Crippen molar-refractivity contribution in [3.63, 3.8) is 0 Å². The van der Waals surface area contributed by atoms with Gasteiger partial charge < -0.3 is 25.4 Å². The monoisotopic (exact) mass is 281 g/mol. The molecule has 6 nitrogen and oxygen atoms in total. The molecule has 112 valence electrons. The maximum Gasteiger partial charge on any atom is 0.255 e. The molecule has 20 heavy (non-hydrogen) atoms. The van der Waals surface area contributed by atoms with Crippen LogP contribution in [-0.2, 0) is 4.74 Å². The van der Waals surface area contributed by atoms with E-state index >= 15 is 0 Å². The molecule has 0 aliphatic heterocycles. The minimum atomic E-state index is -0.0969. The highest BCUT2D eigenvalue weighted by molar-refractivity contribution is 6.00. The number of hydrogen-bond acceptors (Lipinski definition) is 5. The number of ether oxygens (including phenoxy) is 1. The second kappa shape index (κ2) is 7.72. The van der Waals surface area contributed by atoms with Gasteiger partial charge in [0.1, 0.15) is 0 Å². The Morgan fingerprint density at radius 1 is 1.35 bits per heavy atom. The molecule has 0 radical (unpaired) electrons. The van der Waals surface area contributed by atoms with Gasteiger partial charge in [-0.15, -0.1) is 0 Å². The lowest BCUT2D eigenvalue weighted by Gasteiger charge is -2.27. The Morgan fingerprint density at radius 3 is 2.60 bits per heavy atom. The van der Waals surface area contributed by atoms with Crippen molar-refractivity contribution in [3.8, 4) is 0 Å². The third-order valence-corrected chi connectivity index (χ3v) is 2.93. The molecule has 0 aromatic heterocycles. The van der Waals surface area contributed by atoms with Gasteiger partial charge in [0.2, 0.25) is 0 Å². The average molecular weight is 281 g/mol. The number of amides is 1. The van der Waals surface area contributed by atoms with Crippen LogP contribution in [0.15, 0.2) is 18.2 Å². The van der Waals surface area contributed by atoms with Crippen LogP contribution in [-0.4, -0.2) is 63.4 Å². The van der Waals surface area contributed by atoms with E-state index in [1.807, 2.05) is 4.90 Å². The summed E-state index contributed by atoms with van der Waals surface area (Å²) in [6, 6.07) is 5.17. The van der Waals surface area contributed by atoms with Gasteiger partial charge in [-0.05, 0) is 18.2 Å². The van der Waals surface area contributed by atoms with Crippen molar-refractivity contribution in [2.75, 3.05) is 58.1 Å². The highest BCUT2D eigenvalue weighted by atomic mass is 16.5. The number of nitrogens with two attached hydrogens (primary N) is 1. The lowest BCUT2D eigenvalue weighted by Crippen LogP contribution is -2.33. The highest BCUT2D eigenvalue weighted by Crippen LogP contribution is 2.24. The fourth-order valence-electron chi connectivity index (χ4n) is 1.91. The first-order chi connectivity index (χ1) is 9.51. The molecule has 1 rings (SSSR count). The first kappa shape index (κ1) is 16.3. The molecular weight excluding hydrogens is 258 g/mol. The number of benzene rings is 1. The van der Waals surface area contributed by atoms with E-state index in [9.17, 15) is 9.90 Å². The summed E-state index contributed by atoms with van der Waals surface area (Å²) in [6.07, 6.45) is 0. The number of aliphatic hydroxyl groups is 1. The summed E-state index contributed by atoms with van der Waals surface area (Å²) in [4.78, 5) is 15.6. The van der Waals surface area contributed by atoms with Gasteiger partial charge in [-0.2, -0.15) is 0 Å². The Morgan fingerprint density at radius 2 is 2.05 bits per heavy atom. The van der Waals surface area contributed by atoms with Gasteiger partial charge in [0.25, 0.3) is 5.91 Å². The highest BCUT2D eigenvalue weighted by Gasteiger charge is 2.18. The first-order valence-corrected chi connectivity index (χ1v) is 6.47. The number of methoxy groups -OCH3 is 1. The molecule has 6 heteroatoms. The third kappa shape index (κ3) is 4.11. The lowest BCUT2D eigenvalue weighted by molar-refractivity contribution is 0.0828. The van der Waals surface area contributed by atoms with E-state index in [1.54, 1.807) is 39.4 Å². The molecule has 0 unspecified atom stereocenters. The van der Waals surface area contributed by atoms with Crippen LogP contribution >= 0.6 is 0 Å². The lowest BCUT2D eigenvalue weighted by atomic mass is 10.1. The molecule has 0 saturated carbocycles. The minimum absolute atomic E-state index is 0.00585. The first-order valence-electron chi connectivity index (χ1n) is 6.47. The van der Waals surface area contributed by atoms with Gasteiger partial charge in [0.05, 0.1) is 24.5 Å². The Bertz CT molecular complexity index is 449. The number of hydrogen-bond donors (Lipinski definition) is 2. The van der Waals surface area contributed by atoms with Crippen LogP contribution in [0.2, 0.25) is 0 Å². The van der Waals surface area contributed by atoms with Crippen molar-refractivity contribution >= 4 is 17.3 Å². The second-order valence-corrected chi connectivity index (χ2v) is 4.68. The number of rotatable bonds is 7. The van der Waals surface area contributed by atoms with E-state index < -0.39 is 0 Å². The Balaban J connectivity index is 3.16. The summed E-state index contributed by atoms with van der Waals surface area (Å²) in [5, 5.41) is 9.20. The number of carbonyl (C=O) groups excluding carboxylic acids is 1. The van der Waals surface area contributed by atoms with Crippen LogP contribution in [0.3, 0.4) is 0 Å². The molecule has 0 aliphatic carbocycles. The summed E-state index contributed by atoms with van der Waals surface area (Å²) in [6.45, 7) is 1.49. The summed E-state index contributed by atoms with van der Waals surface area (Å²) < 4.78 is 5.07. The van der Waals surface area contributed by atoms with E-state index in [0.717, 1.165) is 5.69 Å². The molecule has 0 saturated heterocycles. The molecule has 0 heterocycles. The minimum Gasteiger partial charge on any atom is -0.399 e. The molecular formula is C14H23N3O3. The van der Waals surface area contributed by atoms with E-state index in [1.165, 1.54) is 4.90 Å². The van der Waals surface area contributed by atoms with Gasteiger partial charge >= 0.3 is 0 Å². The number of aliphatic hydroxyl groups excluding tert-OH is 1. The van der Waals surface area contributed by atoms with Gasteiger partial charge in [0, 0.05) is 40.0 Å². The van der Waals surface area contributed by atoms with Crippen molar-refractivity contribution in [2.24, 2.45) is 0 Å². The maximum absolute atomic E-state index is 12.2. The Labute approximate surface area is 119 Å². The van der Waals surface area contributed by atoms with Crippen LogP contribution in [0.4, 0.5) is 11.4 Å². The van der Waals surface area contributed by atoms with E-state index in [-0.39, 0.29) is 12.5 Å². The summed E-state index contributed by atoms with van der Waals surface area (Å²) in [5.74, 6) is -0.0969. The Hall–Kier alpha value is -1.79. The van der Waals surface area contributed by atoms with Gasteiger partial charge in [-0.3, -0.25) is 4.79 Å². The van der Waals surface area contributed by atoms with E-state index in [2.05, 4.69) is 0 Å². The quantitative estimate of drug-likeness (QED) is 0.708. The Kier molecular flexibility index (Phi) is 6.27. The maximum atomic E-state index is 12.2. The third-order valence-electron chi connectivity index (χ3n) is 2.93. The number of nitrogens with zero attached hydrogens (tertiary/aromatic N) is 2. The van der Waals surface area contributed by atoms with Crippen LogP contribution in [0, 0.1) is 0 Å². The average Bonchev–Trinajstić information content (AvgIpc) is 2.42. The van der Waals surface area contributed by atoms with E-state index in [0.29, 0.717) is 30.9 Å². The van der Waals surface area contributed by atoms with Gasteiger partial charge in [0.15, 0.2) is 0 Å². The predicted octanol–water partition coefficient (Wildman–Crippen LogP) is 0.416. The normalized spacial score (nSPS) is 10.4. The number of anilines is 2. The topological polar surface area (TPSA) is 79.0 Å². The second-order valence-electron chi connectivity index (χ2n) is 4.68. The van der Waals surface area contributed by atoms with Crippen molar-refractivity contribution in [1.82, 2.24) is 4.90 Å². The molecule has 0 bridgehead atoms. The van der Waals surface area contributed by atoms with E-state index in [4.69, 9.17) is 10.5 Å². The van der Waals surface area contributed by atoms with Crippen molar-refractivity contribution in [1.29, 1.82) is 0 Å². The summed E-state index contributed by atoms with van der Waals surface area (Å²) in [7, 11) is 5.02. The predicted molar refractivity (Wildman–Crippen MR) is 80.0 cm³/mol. The van der Waals surface area contributed by atoms with Crippen LogP contribution in [0.1, 0.15) is 10.4 Å². The molecule has 0 atom stereocenters. The van der Waals surface area contributed by atoms with Crippen molar-refractivity contribution in [3.05, 3.63) is 23.8 Å². The SMILES string of the molecule is COCCN(CCO)c1cc(N)ccc1C(=O)N(C)C. The molecule has 0 spiro atoms. The fourth-order valence-corrected chi connectivity index (χ4v) is 1.91. The van der Waals surface area contributed by atoms with Crippen molar-refractivity contribution < 1.29 is 14.6 Å². The standard InChI is InChI=1S/C14H23N3O3/c1-16(2)14(19)12-5-4-11(15)10-13(12)17(6-8-18)7-9-20-3/h4-5,10,18H,6-9,15H2,1-3H3. The largest absolute Gasteiger partial charge is 0.399 e. The molecule has 1 aromatic carbocycles. The molecule has 0 aliphatic rings. The van der Waals surface area contributed by atoms with Crippen molar-refractivity contribution in [2.45, 2.75) is 0 Å².